The molecule has 0 saturated carbocycles. The SMILES string of the molecule is COc1ccc(-c2ccc3c(c2)C(=O)N2CCN(S(=O)(=O)c4cccs4)C[C@H]2C(=O)N3)cc1. The third kappa shape index (κ3) is 3.79. The molecule has 33 heavy (non-hydrogen) atoms. The highest BCUT2D eigenvalue weighted by Gasteiger charge is 2.42. The van der Waals surface area contributed by atoms with E-state index < -0.39 is 22.0 Å². The van der Waals surface area contributed by atoms with Crippen LogP contribution in [0.5, 0.6) is 5.75 Å². The lowest BCUT2D eigenvalue weighted by molar-refractivity contribution is -0.121. The van der Waals surface area contributed by atoms with Gasteiger partial charge >= 0.3 is 0 Å². The largest absolute Gasteiger partial charge is 0.497 e. The summed E-state index contributed by atoms with van der Waals surface area (Å²) in [5, 5.41) is 4.51. The first-order chi connectivity index (χ1) is 15.9. The maximum absolute atomic E-state index is 13.4. The number of anilines is 1. The Morgan fingerprint density at radius 1 is 1.03 bits per heavy atom. The first-order valence-electron chi connectivity index (χ1n) is 10.3. The van der Waals surface area contributed by atoms with E-state index in [-0.39, 0.29) is 29.8 Å². The average molecular weight is 484 g/mol. The summed E-state index contributed by atoms with van der Waals surface area (Å²) < 4.78 is 32.6. The summed E-state index contributed by atoms with van der Waals surface area (Å²) in [4.78, 5) is 27.9. The third-order valence-corrected chi connectivity index (χ3v) is 9.17. The predicted octanol–water partition coefficient (Wildman–Crippen LogP) is 2.89. The Hall–Kier alpha value is -3.21. The molecule has 2 aliphatic heterocycles. The second kappa shape index (κ2) is 8.29. The van der Waals surface area contributed by atoms with Gasteiger partial charge in [-0.3, -0.25) is 9.59 Å². The molecule has 1 aromatic heterocycles. The number of piperazine rings is 1. The zero-order chi connectivity index (χ0) is 23.2. The van der Waals surface area contributed by atoms with E-state index in [9.17, 15) is 18.0 Å². The highest BCUT2D eigenvalue weighted by Crippen LogP contribution is 2.32. The Kier molecular flexibility index (Phi) is 5.43. The minimum Gasteiger partial charge on any atom is -0.497 e. The highest BCUT2D eigenvalue weighted by atomic mass is 32.2. The number of nitrogens with zero attached hydrogens (tertiary/aromatic N) is 2. The molecule has 8 nitrogen and oxygen atoms in total. The molecule has 10 heteroatoms. The van der Waals surface area contributed by atoms with E-state index in [1.165, 1.54) is 9.21 Å². The average Bonchev–Trinajstić information content (AvgIpc) is 3.36. The number of carbonyl (C=O) groups is 2. The number of nitrogens with one attached hydrogen (secondary N) is 1. The standard InChI is InChI=1S/C23H21N3O5S2/c1-31-17-7-4-15(5-8-17)16-6-9-19-18(13-16)23(28)26-11-10-25(14-20(26)22(27)24-19)33(29,30)21-3-2-12-32-21/h2-9,12-13,20H,10-11,14H2,1H3,(H,24,27)/t20-/m0/s1. The van der Waals surface area contributed by atoms with Crippen LogP contribution in [0.3, 0.4) is 0 Å². The first-order valence-corrected chi connectivity index (χ1v) is 12.6. The smallest absolute Gasteiger partial charge is 0.256 e. The van der Waals surface area contributed by atoms with Crippen LogP contribution in [0.15, 0.2) is 64.2 Å². The van der Waals surface area contributed by atoms with Crippen LogP contribution in [0.1, 0.15) is 10.4 Å². The molecular weight excluding hydrogens is 462 g/mol. The molecule has 3 aromatic rings. The number of sulfonamides is 1. The summed E-state index contributed by atoms with van der Waals surface area (Å²) in [5.74, 6) is 0.0392. The van der Waals surface area contributed by atoms with Gasteiger partial charge in [-0.25, -0.2) is 8.42 Å². The van der Waals surface area contributed by atoms with Gasteiger partial charge in [0.15, 0.2) is 0 Å². The molecule has 2 amide bonds. The van der Waals surface area contributed by atoms with Gasteiger partial charge in [-0.1, -0.05) is 24.3 Å². The normalized spacial score (nSPS) is 18.8. The van der Waals surface area contributed by atoms with E-state index in [0.29, 0.717) is 11.3 Å². The van der Waals surface area contributed by atoms with Gasteiger partial charge < -0.3 is 15.0 Å². The predicted molar refractivity (Wildman–Crippen MR) is 125 cm³/mol. The van der Waals surface area contributed by atoms with Crippen LogP contribution in [0, 0.1) is 0 Å². The maximum atomic E-state index is 13.4. The number of hydrogen-bond donors (Lipinski definition) is 1. The molecule has 170 valence electrons. The maximum Gasteiger partial charge on any atom is 0.256 e. The fourth-order valence-corrected chi connectivity index (χ4v) is 6.73. The zero-order valence-corrected chi connectivity index (χ0v) is 19.4. The van der Waals surface area contributed by atoms with Crippen molar-refractivity contribution in [2.75, 3.05) is 32.1 Å². The van der Waals surface area contributed by atoms with Crippen molar-refractivity contribution in [1.29, 1.82) is 0 Å². The van der Waals surface area contributed by atoms with Crippen molar-refractivity contribution in [2.24, 2.45) is 0 Å². The van der Waals surface area contributed by atoms with Gasteiger partial charge in [0.1, 0.15) is 16.0 Å². The second-order valence-corrected chi connectivity index (χ2v) is 10.9. The van der Waals surface area contributed by atoms with Crippen LogP contribution in [0.4, 0.5) is 5.69 Å². The second-order valence-electron chi connectivity index (χ2n) is 7.79. The van der Waals surface area contributed by atoms with Crippen molar-refractivity contribution in [3.05, 3.63) is 65.5 Å². The van der Waals surface area contributed by atoms with Gasteiger partial charge in [0.05, 0.1) is 18.4 Å². The van der Waals surface area contributed by atoms with Crippen molar-refractivity contribution in [2.45, 2.75) is 10.3 Å². The van der Waals surface area contributed by atoms with Crippen LogP contribution in [-0.2, 0) is 14.8 Å². The van der Waals surface area contributed by atoms with Crippen molar-refractivity contribution < 1.29 is 22.7 Å². The van der Waals surface area contributed by atoms with Gasteiger partial charge in [0.25, 0.3) is 15.9 Å². The van der Waals surface area contributed by atoms with Crippen molar-refractivity contribution in [1.82, 2.24) is 9.21 Å². The molecule has 1 N–H and O–H groups in total. The Bertz CT molecular complexity index is 1320. The van der Waals surface area contributed by atoms with Gasteiger partial charge in [-0.15, -0.1) is 11.3 Å². The van der Waals surface area contributed by atoms with Gasteiger partial charge in [-0.05, 0) is 46.8 Å². The van der Waals surface area contributed by atoms with Gasteiger partial charge in [0.2, 0.25) is 5.91 Å². The molecule has 0 spiro atoms. The van der Waals surface area contributed by atoms with E-state index in [2.05, 4.69) is 5.32 Å². The topological polar surface area (TPSA) is 96.0 Å². The number of hydrogen-bond acceptors (Lipinski definition) is 6. The van der Waals surface area contributed by atoms with Gasteiger partial charge in [-0.2, -0.15) is 4.31 Å². The number of rotatable bonds is 4. The molecule has 1 fully saturated rings. The number of benzene rings is 2. The summed E-state index contributed by atoms with van der Waals surface area (Å²) in [5.41, 5.74) is 2.54. The number of amides is 2. The number of carbonyl (C=O) groups excluding carboxylic acids is 2. The molecule has 0 bridgehead atoms. The van der Waals surface area contributed by atoms with E-state index >= 15 is 0 Å². The molecular formula is C23H21N3O5S2. The van der Waals surface area contributed by atoms with Crippen LogP contribution in [0.2, 0.25) is 0 Å². The van der Waals surface area contributed by atoms with Crippen molar-refractivity contribution in [3.63, 3.8) is 0 Å². The van der Waals surface area contributed by atoms with E-state index in [1.807, 2.05) is 30.3 Å². The van der Waals surface area contributed by atoms with Crippen molar-refractivity contribution in [3.8, 4) is 16.9 Å². The third-order valence-electron chi connectivity index (χ3n) is 5.93. The van der Waals surface area contributed by atoms with Gasteiger partial charge in [0, 0.05) is 19.6 Å². The lowest BCUT2D eigenvalue weighted by Crippen LogP contribution is -2.59. The molecule has 0 aliphatic carbocycles. The number of fused-ring (bicyclic) bond motifs is 2. The van der Waals surface area contributed by atoms with E-state index in [0.717, 1.165) is 28.2 Å². The summed E-state index contributed by atoms with van der Waals surface area (Å²) in [6, 6.07) is 15.1. The van der Waals surface area contributed by atoms with Crippen molar-refractivity contribution >= 4 is 38.9 Å². The first kappa shape index (κ1) is 21.6. The van der Waals surface area contributed by atoms with E-state index in [1.54, 1.807) is 36.8 Å². The summed E-state index contributed by atoms with van der Waals surface area (Å²) in [7, 11) is -2.12. The minimum absolute atomic E-state index is 0.0862. The lowest BCUT2D eigenvalue weighted by Gasteiger charge is -2.38. The molecule has 2 aromatic carbocycles. The van der Waals surface area contributed by atoms with Crippen LogP contribution >= 0.6 is 11.3 Å². The lowest BCUT2D eigenvalue weighted by atomic mass is 10.0. The Morgan fingerprint density at radius 3 is 2.48 bits per heavy atom. The summed E-state index contributed by atoms with van der Waals surface area (Å²) in [6.07, 6.45) is 0. The fourth-order valence-electron chi connectivity index (χ4n) is 4.15. The Balaban J connectivity index is 1.45. The number of ether oxygens (including phenoxy) is 1. The number of thiophene rings is 1. The fraction of sp³-hybridized carbons (Fsp3) is 0.217. The summed E-state index contributed by atoms with van der Waals surface area (Å²) >= 11 is 1.13. The molecule has 1 atom stereocenters. The highest BCUT2D eigenvalue weighted by molar-refractivity contribution is 7.91. The Labute approximate surface area is 195 Å². The minimum atomic E-state index is -3.71. The van der Waals surface area contributed by atoms with E-state index in [4.69, 9.17) is 4.74 Å². The van der Waals surface area contributed by atoms with Crippen LogP contribution in [-0.4, -0.2) is 62.2 Å². The Morgan fingerprint density at radius 2 is 1.79 bits per heavy atom. The molecule has 0 radical (unpaired) electrons. The molecule has 0 unspecified atom stereocenters. The quantitative estimate of drug-likeness (QED) is 0.616. The molecule has 3 heterocycles. The van der Waals surface area contributed by atoms with Crippen LogP contribution < -0.4 is 10.1 Å². The summed E-state index contributed by atoms with van der Waals surface area (Å²) in [6.45, 7) is 0.175. The molecule has 2 aliphatic rings. The molecule has 5 rings (SSSR count). The monoisotopic (exact) mass is 483 g/mol. The number of methoxy groups -OCH3 is 1. The zero-order valence-electron chi connectivity index (χ0n) is 17.7. The molecule has 1 saturated heterocycles. The van der Waals surface area contributed by atoms with Crippen LogP contribution in [0.25, 0.3) is 11.1 Å².